The summed E-state index contributed by atoms with van der Waals surface area (Å²) < 4.78 is 2.23. The van der Waals surface area contributed by atoms with Crippen LogP contribution < -0.4 is 0 Å². The Morgan fingerprint density at radius 2 is 2.15 bits per heavy atom. The quantitative estimate of drug-likeness (QED) is 0.686. The predicted octanol–water partition coefficient (Wildman–Crippen LogP) is 3.57. The molecule has 0 aliphatic carbocycles. The lowest BCUT2D eigenvalue weighted by Crippen LogP contribution is -2.06. The number of halogens is 1. The second-order valence-corrected chi connectivity index (χ2v) is 5.28. The van der Waals surface area contributed by atoms with Gasteiger partial charge in [-0.2, -0.15) is 0 Å². The zero-order valence-electron chi connectivity index (χ0n) is 11.4. The van der Waals surface area contributed by atoms with Crippen LogP contribution in [0.2, 0.25) is 0 Å². The first-order valence-electron chi connectivity index (χ1n) is 6.68. The second kappa shape index (κ2) is 5.63. The highest BCUT2D eigenvalue weighted by Gasteiger charge is 2.10. The van der Waals surface area contributed by atoms with Crippen molar-refractivity contribution in [3.05, 3.63) is 59.7 Å². The van der Waals surface area contributed by atoms with Gasteiger partial charge in [-0.3, -0.25) is 4.98 Å². The van der Waals surface area contributed by atoms with Crippen LogP contribution in [-0.4, -0.2) is 20.4 Å². The maximum absolute atomic E-state index is 5.89. The molecule has 0 fully saturated rings. The molecule has 2 heterocycles. The Kier molecular flexibility index (Phi) is 3.70. The van der Waals surface area contributed by atoms with Gasteiger partial charge in [0.15, 0.2) is 0 Å². The summed E-state index contributed by atoms with van der Waals surface area (Å²) in [6.45, 7) is 2.92. The molecule has 1 aromatic carbocycles. The first-order valence-corrected chi connectivity index (χ1v) is 7.22. The molecule has 3 rings (SSSR count). The van der Waals surface area contributed by atoms with E-state index in [1.54, 1.807) is 12.4 Å². The molecule has 102 valence electrons. The molecule has 20 heavy (non-hydrogen) atoms. The predicted molar refractivity (Wildman–Crippen MR) is 82.2 cm³/mol. The lowest BCUT2D eigenvalue weighted by atomic mass is 10.1. The highest BCUT2D eigenvalue weighted by atomic mass is 35.5. The highest BCUT2D eigenvalue weighted by Crippen LogP contribution is 2.18. The standard InChI is InChI=1S/C16H16ClN3/c1-12-3-2-4-13(9-12)11-20-15-6-8-18-10-14(15)19-16(20)5-7-17/h2-4,6,8-10H,5,7,11H2,1H3. The van der Waals surface area contributed by atoms with Gasteiger partial charge < -0.3 is 4.57 Å². The molecule has 0 saturated heterocycles. The maximum Gasteiger partial charge on any atom is 0.111 e. The number of fused-ring (bicyclic) bond motifs is 1. The van der Waals surface area contributed by atoms with Crippen LogP contribution in [0.4, 0.5) is 0 Å². The molecule has 2 aromatic heterocycles. The molecular formula is C16H16ClN3. The van der Waals surface area contributed by atoms with Crippen LogP contribution in [0, 0.1) is 6.92 Å². The van der Waals surface area contributed by atoms with Gasteiger partial charge in [0.2, 0.25) is 0 Å². The molecule has 0 aliphatic heterocycles. The third kappa shape index (κ3) is 2.54. The minimum absolute atomic E-state index is 0.574. The summed E-state index contributed by atoms with van der Waals surface area (Å²) in [4.78, 5) is 8.78. The van der Waals surface area contributed by atoms with Crippen LogP contribution in [0.5, 0.6) is 0 Å². The number of alkyl halides is 1. The summed E-state index contributed by atoms with van der Waals surface area (Å²) in [5.74, 6) is 1.59. The summed E-state index contributed by atoms with van der Waals surface area (Å²) in [7, 11) is 0. The number of hydrogen-bond donors (Lipinski definition) is 0. The summed E-state index contributed by atoms with van der Waals surface area (Å²) in [5, 5.41) is 0. The fourth-order valence-electron chi connectivity index (χ4n) is 2.48. The number of aromatic nitrogens is 3. The largest absolute Gasteiger partial charge is 0.323 e. The van der Waals surface area contributed by atoms with Crippen LogP contribution in [0.25, 0.3) is 11.0 Å². The van der Waals surface area contributed by atoms with E-state index >= 15 is 0 Å². The fraction of sp³-hybridized carbons (Fsp3) is 0.250. The average molecular weight is 286 g/mol. The minimum Gasteiger partial charge on any atom is -0.323 e. The van der Waals surface area contributed by atoms with E-state index in [2.05, 4.69) is 45.7 Å². The van der Waals surface area contributed by atoms with Crippen molar-refractivity contribution >= 4 is 22.6 Å². The average Bonchev–Trinajstić information content (AvgIpc) is 2.78. The van der Waals surface area contributed by atoms with Crippen LogP contribution >= 0.6 is 11.6 Å². The number of nitrogens with zero attached hydrogens (tertiary/aromatic N) is 3. The number of imidazole rings is 1. The van der Waals surface area contributed by atoms with E-state index in [-0.39, 0.29) is 0 Å². The zero-order valence-corrected chi connectivity index (χ0v) is 12.1. The van der Waals surface area contributed by atoms with Crippen molar-refractivity contribution in [3.63, 3.8) is 0 Å². The first kappa shape index (κ1) is 13.1. The number of hydrogen-bond acceptors (Lipinski definition) is 2. The summed E-state index contributed by atoms with van der Waals surface area (Å²) in [6, 6.07) is 10.6. The van der Waals surface area contributed by atoms with E-state index < -0.39 is 0 Å². The van der Waals surface area contributed by atoms with E-state index in [0.29, 0.717) is 5.88 Å². The molecule has 0 saturated carbocycles. The fourth-order valence-corrected chi connectivity index (χ4v) is 2.65. The molecule has 3 nitrogen and oxygen atoms in total. The molecular weight excluding hydrogens is 270 g/mol. The van der Waals surface area contributed by atoms with E-state index in [0.717, 1.165) is 29.8 Å². The Bertz CT molecular complexity index is 733. The van der Waals surface area contributed by atoms with Crippen molar-refractivity contribution in [2.75, 3.05) is 5.88 Å². The van der Waals surface area contributed by atoms with Crippen molar-refractivity contribution < 1.29 is 0 Å². The summed E-state index contributed by atoms with van der Waals surface area (Å²) in [6.07, 6.45) is 4.38. The summed E-state index contributed by atoms with van der Waals surface area (Å²) in [5.41, 5.74) is 4.59. The monoisotopic (exact) mass is 285 g/mol. The second-order valence-electron chi connectivity index (χ2n) is 4.91. The van der Waals surface area contributed by atoms with Crippen LogP contribution in [-0.2, 0) is 13.0 Å². The van der Waals surface area contributed by atoms with Crippen molar-refractivity contribution in [2.45, 2.75) is 19.9 Å². The third-order valence-corrected chi connectivity index (χ3v) is 3.56. The first-order chi connectivity index (χ1) is 9.78. The maximum atomic E-state index is 5.89. The molecule has 3 aromatic rings. The van der Waals surface area contributed by atoms with E-state index in [1.807, 2.05) is 6.07 Å². The van der Waals surface area contributed by atoms with Gasteiger partial charge >= 0.3 is 0 Å². The molecule has 0 amide bonds. The lowest BCUT2D eigenvalue weighted by molar-refractivity contribution is 0.754. The normalized spacial score (nSPS) is 11.1. The molecule has 0 unspecified atom stereocenters. The van der Waals surface area contributed by atoms with Gasteiger partial charge in [-0.15, -0.1) is 11.6 Å². The topological polar surface area (TPSA) is 30.7 Å². The molecule has 0 atom stereocenters. The Morgan fingerprint density at radius 1 is 1.25 bits per heavy atom. The number of pyridine rings is 1. The molecule has 0 bridgehead atoms. The summed E-state index contributed by atoms with van der Waals surface area (Å²) >= 11 is 5.89. The molecule has 0 spiro atoms. The highest BCUT2D eigenvalue weighted by molar-refractivity contribution is 6.17. The number of benzene rings is 1. The van der Waals surface area contributed by atoms with E-state index in [4.69, 9.17) is 11.6 Å². The zero-order chi connectivity index (χ0) is 13.9. The molecule has 0 aliphatic rings. The molecule has 0 radical (unpaired) electrons. The SMILES string of the molecule is Cc1cccc(Cn2c(CCCl)nc3cnccc32)c1. The Morgan fingerprint density at radius 3 is 2.95 bits per heavy atom. The van der Waals surface area contributed by atoms with Crippen LogP contribution in [0.15, 0.2) is 42.7 Å². The van der Waals surface area contributed by atoms with Gasteiger partial charge in [0.25, 0.3) is 0 Å². The van der Waals surface area contributed by atoms with Crippen molar-refractivity contribution in [3.8, 4) is 0 Å². The Hall–Kier alpha value is -1.87. The molecule has 4 heteroatoms. The van der Waals surface area contributed by atoms with Crippen LogP contribution in [0.3, 0.4) is 0 Å². The Balaban J connectivity index is 2.06. The number of rotatable bonds is 4. The van der Waals surface area contributed by atoms with Gasteiger partial charge in [0.05, 0.1) is 11.7 Å². The van der Waals surface area contributed by atoms with Gasteiger partial charge in [-0.1, -0.05) is 29.8 Å². The molecule has 0 N–H and O–H groups in total. The van der Waals surface area contributed by atoms with E-state index in [9.17, 15) is 0 Å². The Labute approximate surface area is 123 Å². The van der Waals surface area contributed by atoms with E-state index in [1.165, 1.54) is 11.1 Å². The van der Waals surface area contributed by atoms with Gasteiger partial charge in [0, 0.05) is 25.0 Å². The van der Waals surface area contributed by atoms with Gasteiger partial charge in [-0.25, -0.2) is 4.98 Å². The lowest BCUT2D eigenvalue weighted by Gasteiger charge is -2.09. The smallest absolute Gasteiger partial charge is 0.111 e. The number of aryl methyl sites for hydroxylation is 2. The van der Waals surface area contributed by atoms with Gasteiger partial charge in [-0.05, 0) is 18.6 Å². The van der Waals surface area contributed by atoms with Gasteiger partial charge in [0.1, 0.15) is 11.3 Å². The third-order valence-electron chi connectivity index (χ3n) is 3.37. The van der Waals surface area contributed by atoms with Crippen molar-refractivity contribution in [1.82, 2.24) is 14.5 Å². The van der Waals surface area contributed by atoms with Crippen molar-refractivity contribution in [1.29, 1.82) is 0 Å². The minimum atomic E-state index is 0.574. The van der Waals surface area contributed by atoms with Crippen molar-refractivity contribution in [2.24, 2.45) is 0 Å². The van der Waals surface area contributed by atoms with Crippen LogP contribution in [0.1, 0.15) is 17.0 Å².